The van der Waals surface area contributed by atoms with Gasteiger partial charge in [0.05, 0.1) is 0 Å². The van der Waals surface area contributed by atoms with Crippen molar-refractivity contribution in [3.63, 3.8) is 0 Å². The van der Waals surface area contributed by atoms with Gasteiger partial charge < -0.3 is 0 Å². The number of thiophene rings is 1. The highest BCUT2D eigenvalue weighted by atomic mass is 32.1. The topological polar surface area (TPSA) is 0 Å². The zero-order valence-corrected chi connectivity index (χ0v) is 13.2. The maximum absolute atomic E-state index is 4.11. The van der Waals surface area contributed by atoms with Gasteiger partial charge in [0.2, 0.25) is 0 Å². The predicted octanol–water partition coefficient (Wildman–Crippen LogP) is 6.48. The Labute approximate surface area is 113 Å². The van der Waals surface area contributed by atoms with Crippen LogP contribution < -0.4 is 0 Å². The molecule has 0 aliphatic rings. The molecule has 1 heteroatoms. The highest BCUT2D eigenvalue weighted by Crippen LogP contribution is 2.15. The zero-order valence-electron chi connectivity index (χ0n) is 12.4. The molecule has 0 spiro atoms. The van der Waals surface area contributed by atoms with E-state index in [1.165, 1.54) is 36.8 Å². The lowest BCUT2D eigenvalue weighted by Gasteiger charge is -2.02. The molecule has 1 rings (SSSR count). The van der Waals surface area contributed by atoms with Crippen molar-refractivity contribution in [2.75, 3.05) is 0 Å². The van der Waals surface area contributed by atoms with E-state index < -0.39 is 0 Å². The van der Waals surface area contributed by atoms with Gasteiger partial charge in [0.15, 0.2) is 0 Å². The lowest BCUT2D eigenvalue weighted by atomic mass is 10.0. The van der Waals surface area contributed by atoms with Crippen molar-refractivity contribution >= 4 is 11.3 Å². The molecule has 0 radical (unpaired) electrons. The Kier molecular flexibility index (Phi) is 17.1. The molecule has 1 heterocycles. The summed E-state index contributed by atoms with van der Waals surface area (Å²) < 4.78 is 0. The maximum Gasteiger partial charge on any atom is -0.00580 e. The third kappa shape index (κ3) is 11.7. The van der Waals surface area contributed by atoms with Crippen LogP contribution in [0.1, 0.15) is 65.9 Å². The zero-order chi connectivity index (χ0) is 13.5. The minimum atomic E-state index is 1.08. The molecule has 0 aromatic carbocycles. The fourth-order valence-corrected chi connectivity index (χ4v) is 2.06. The van der Waals surface area contributed by atoms with Crippen LogP contribution in [-0.2, 0) is 6.42 Å². The Morgan fingerprint density at radius 2 is 1.82 bits per heavy atom. The second-order valence-electron chi connectivity index (χ2n) is 3.52. The van der Waals surface area contributed by atoms with Crippen molar-refractivity contribution in [3.05, 3.63) is 34.5 Å². The minimum absolute atomic E-state index is 1.08. The lowest BCUT2D eigenvalue weighted by molar-refractivity contribution is 0.706. The van der Waals surface area contributed by atoms with Crippen LogP contribution in [0, 0.1) is 0 Å². The number of unbranched alkanes of at least 4 members (excludes halogenated alkanes) is 2. The van der Waals surface area contributed by atoms with Crippen molar-refractivity contribution in [2.45, 2.75) is 66.7 Å². The SMILES string of the molecule is C=C(CCCCC)Cc1ccsc1.CC.CC. The summed E-state index contributed by atoms with van der Waals surface area (Å²) in [6, 6.07) is 2.19. The van der Waals surface area contributed by atoms with Gasteiger partial charge >= 0.3 is 0 Å². The molecule has 0 amide bonds. The Hall–Kier alpha value is -0.560. The van der Waals surface area contributed by atoms with Crippen LogP contribution in [0.15, 0.2) is 29.0 Å². The first-order valence-corrected chi connectivity index (χ1v) is 7.95. The summed E-state index contributed by atoms with van der Waals surface area (Å²) in [5.41, 5.74) is 2.80. The molecule has 0 saturated carbocycles. The third-order valence-corrected chi connectivity index (χ3v) is 2.90. The quantitative estimate of drug-likeness (QED) is 0.402. The van der Waals surface area contributed by atoms with E-state index in [2.05, 4.69) is 30.3 Å². The highest BCUT2D eigenvalue weighted by Gasteiger charge is 1.97. The smallest absolute Gasteiger partial charge is 0.00580 e. The minimum Gasteiger partial charge on any atom is -0.152 e. The fraction of sp³-hybridized carbons (Fsp3) is 0.625. The average Bonchev–Trinajstić information content (AvgIpc) is 2.87. The molecule has 0 aliphatic carbocycles. The summed E-state index contributed by atoms with van der Waals surface area (Å²) in [4.78, 5) is 0. The molecule has 0 N–H and O–H groups in total. The third-order valence-electron chi connectivity index (χ3n) is 2.17. The van der Waals surface area contributed by atoms with Crippen LogP contribution in [0.2, 0.25) is 0 Å². The summed E-state index contributed by atoms with van der Waals surface area (Å²) >= 11 is 1.77. The van der Waals surface area contributed by atoms with Gasteiger partial charge in [0, 0.05) is 0 Å². The number of hydrogen-bond donors (Lipinski definition) is 0. The summed E-state index contributed by atoms with van der Waals surface area (Å²) in [5.74, 6) is 0. The first kappa shape index (κ1) is 18.8. The van der Waals surface area contributed by atoms with Gasteiger partial charge in [-0.1, -0.05) is 59.6 Å². The molecule has 1 aromatic rings. The lowest BCUT2D eigenvalue weighted by Crippen LogP contribution is -1.87. The number of hydrogen-bond acceptors (Lipinski definition) is 1. The molecule has 1 aromatic heterocycles. The van der Waals surface area contributed by atoms with Crippen LogP contribution in [0.25, 0.3) is 0 Å². The highest BCUT2D eigenvalue weighted by molar-refractivity contribution is 7.07. The maximum atomic E-state index is 4.11. The molecular formula is C16H30S. The molecule has 0 nitrogen and oxygen atoms in total. The Morgan fingerprint density at radius 1 is 1.18 bits per heavy atom. The molecule has 0 atom stereocenters. The standard InChI is InChI=1S/C12H18S.2C2H6/c1-3-4-5-6-11(2)9-12-7-8-13-10-12;2*1-2/h7-8,10H,2-6,9H2,1H3;2*1-2H3. The van der Waals surface area contributed by atoms with Crippen molar-refractivity contribution < 1.29 is 0 Å². The molecule has 0 saturated heterocycles. The summed E-state index contributed by atoms with van der Waals surface area (Å²) in [6.45, 7) is 14.3. The van der Waals surface area contributed by atoms with Gasteiger partial charge in [-0.15, -0.1) is 0 Å². The Morgan fingerprint density at radius 3 is 2.29 bits per heavy atom. The largest absolute Gasteiger partial charge is 0.152 e. The molecule has 0 fully saturated rings. The molecule has 0 unspecified atom stereocenters. The molecule has 17 heavy (non-hydrogen) atoms. The second kappa shape index (κ2) is 15.4. The van der Waals surface area contributed by atoms with E-state index in [-0.39, 0.29) is 0 Å². The number of allylic oxidation sites excluding steroid dienone is 1. The summed E-state index contributed by atoms with van der Waals surface area (Å²) in [6.07, 6.45) is 6.21. The van der Waals surface area contributed by atoms with Crippen molar-refractivity contribution in [1.29, 1.82) is 0 Å². The molecule has 0 bridgehead atoms. The van der Waals surface area contributed by atoms with E-state index >= 15 is 0 Å². The second-order valence-corrected chi connectivity index (χ2v) is 4.30. The molecular weight excluding hydrogens is 224 g/mol. The van der Waals surface area contributed by atoms with Crippen LogP contribution in [0.3, 0.4) is 0 Å². The van der Waals surface area contributed by atoms with E-state index in [1.54, 1.807) is 11.3 Å². The Bertz CT molecular complexity index is 234. The van der Waals surface area contributed by atoms with Crippen LogP contribution in [-0.4, -0.2) is 0 Å². The van der Waals surface area contributed by atoms with Gasteiger partial charge in [-0.05, 0) is 41.7 Å². The van der Waals surface area contributed by atoms with Crippen molar-refractivity contribution in [1.82, 2.24) is 0 Å². The van der Waals surface area contributed by atoms with Gasteiger partial charge in [0.25, 0.3) is 0 Å². The fourth-order valence-electron chi connectivity index (χ4n) is 1.40. The van der Waals surface area contributed by atoms with Crippen molar-refractivity contribution in [2.24, 2.45) is 0 Å². The van der Waals surface area contributed by atoms with Crippen LogP contribution in [0.4, 0.5) is 0 Å². The monoisotopic (exact) mass is 254 g/mol. The Balaban J connectivity index is 0. The molecule has 100 valence electrons. The normalized spacial score (nSPS) is 8.53. The predicted molar refractivity (Wildman–Crippen MR) is 84.0 cm³/mol. The average molecular weight is 254 g/mol. The van der Waals surface area contributed by atoms with Crippen LogP contribution in [0.5, 0.6) is 0 Å². The summed E-state index contributed by atoms with van der Waals surface area (Å²) in [5, 5.41) is 4.35. The van der Waals surface area contributed by atoms with Gasteiger partial charge in [-0.3, -0.25) is 0 Å². The molecule has 0 aliphatic heterocycles. The van der Waals surface area contributed by atoms with Crippen molar-refractivity contribution in [3.8, 4) is 0 Å². The first-order chi connectivity index (χ1) is 8.33. The number of rotatable bonds is 6. The van der Waals surface area contributed by atoms with E-state index in [1.807, 2.05) is 27.7 Å². The van der Waals surface area contributed by atoms with E-state index in [9.17, 15) is 0 Å². The van der Waals surface area contributed by atoms with E-state index in [4.69, 9.17) is 0 Å². The van der Waals surface area contributed by atoms with Gasteiger partial charge in [-0.25, -0.2) is 0 Å². The van der Waals surface area contributed by atoms with E-state index in [0.717, 1.165) is 6.42 Å². The van der Waals surface area contributed by atoms with E-state index in [0.29, 0.717) is 0 Å². The van der Waals surface area contributed by atoms with Gasteiger partial charge in [0.1, 0.15) is 0 Å². The van der Waals surface area contributed by atoms with Crippen LogP contribution >= 0.6 is 11.3 Å². The first-order valence-electron chi connectivity index (χ1n) is 7.00. The van der Waals surface area contributed by atoms with Gasteiger partial charge in [-0.2, -0.15) is 11.3 Å². The summed E-state index contributed by atoms with van der Waals surface area (Å²) in [7, 11) is 0.